The molecule has 0 saturated carbocycles. The summed E-state index contributed by atoms with van der Waals surface area (Å²) < 4.78 is 7.71. The van der Waals surface area contributed by atoms with Gasteiger partial charge in [-0.3, -0.25) is 0 Å². The summed E-state index contributed by atoms with van der Waals surface area (Å²) in [5, 5.41) is 0. The summed E-state index contributed by atoms with van der Waals surface area (Å²) in [6.07, 6.45) is 3.96. The van der Waals surface area contributed by atoms with Gasteiger partial charge in [-0.05, 0) is 24.6 Å². The largest absolute Gasteiger partial charge is 1.00 e. The third-order valence-electron chi connectivity index (χ3n) is 2.77. The molecule has 0 atom stereocenters. The number of benzene rings is 1. The molecule has 0 spiro atoms. The topological polar surface area (TPSA) is 29.9 Å². The Morgan fingerprint density at radius 3 is 2.56 bits per heavy atom. The van der Waals surface area contributed by atoms with Crippen LogP contribution in [0.15, 0.2) is 47.1 Å². The van der Waals surface area contributed by atoms with E-state index >= 15 is 0 Å². The Kier molecular flexibility index (Phi) is 3.65. The molecule has 0 amide bonds. The highest BCUT2D eigenvalue weighted by Gasteiger charge is 2.08. The van der Waals surface area contributed by atoms with Gasteiger partial charge in [-0.1, -0.05) is 6.07 Å². The lowest BCUT2D eigenvalue weighted by Crippen LogP contribution is -3.00. The average molecular weight is 352 g/mol. The lowest BCUT2D eigenvalue weighted by molar-refractivity contribution is -0.671. The van der Waals surface area contributed by atoms with Crippen LogP contribution in [0.1, 0.15) is 5.56 Å². The minimum absolute atomic E-state index is 0. The zero-order valence-electron chi connectivity index (χ0n) is 10.2. The second kappa shape index (κ2) is 5.06. The summed E-state index contributed by atoms with van der Waals surface area (Å²) in [4.78, 5) is 4.50. The van der Waals surface area contributed by atoms with Gasteiger partial charge in [-0.25, -0.2) is 9.55 Å². The van der Waals surface area contributed by atoms with Gasteiger partial charge >= 0.3 is 0 Å². The molecule has 0 aliphatic carbocycles. The Morgan fingerprint density at radius 2 is 1.83 bits per heavy atom. The van der Waals surface area contributed by atoms with Gasteiger partial charge in [0.25, 0.3) is 0 Å². The molecular weight excluding hydrogens is 339 g/mol. The summed E-state index contributed by atoms with van der Waals surface area (Å²) >= 11 is 0. The standard InChI is InChI=1S/C14H13N2O.HI/c1-10-3-4-13-12(9-10)15-14(17-13)11-5-7-16(2)8-6-11;/h3-9H,1-2H3;1H/q+1;/p-1. The van der Waals surface area contributed by atoms with Crippen LogP contribution in [-0.4, -0.2) is 4.98 Å². The second-order valence-corrected chi connectivity index (χ2v) is 4.24. The second-order valence-electron chi connectivity index (χ2n) is 4.24. The molecule has 0 saturated heterocycles. The molecule has 2 heterocycles. The number of rotatable bonds is 1. The van der Waals surface area contributed by atoms with Crippen LogP contribution in [0.25, 0.3) is 22.6 Å². The number of halogens is 1. The molecule has 3 aromatic rings. The first-order valence-corrected chi connectivity index (χ1v) is 5.55. The molecule has 0 aliphatic rings. The summed E-state index contributed by atoms with van der Waals surface area (Å²) in [7, 11) is 1.99. The van der Waals surface area contributed by atoms with Gasteiger partial charge in [0.15, 0.2) is 18.0 Å². The van der Waals surface area contributed by atoms with E-state index in [9.17, 15) is 0 Å². The van der Waals surface area contributed by atoms with Crippen molar-refractivity contribution in [1.82, 2.24) is 4.98 Å². The molecule has 0 bridgehead atoms. The molecule has 0 radical (unpaired) electrons. The molecule has 92 valence electrons. The monoisotopic (exact) mass is 352 g/mol. The quantitative estimate of drug-likeness (QED) is 0.442. The fourth-order valence-electron chi connectivity index (χ4n) is 1.80. The van der Waals surface area contributed by atoms with E-state index in [1.807, 2.05) is 54.3 Å². The molecule has 2 aromatic heterocycles. The highest BCUT2D eigenvalue weighted by atomic mass is 127. The van der Waals surface area contributed by atoms with Crippen LogP contribution in [-0.2, 0) is 7.05 Å². The van der Waals surface area contributed by atoms with Crippen molar-refractivity contribution in [2.75, 3.05) is 0 Å². The fourth-order valence-corrected chi connectivity index (χ4v) is 1.80. The molecular formula is C14H13IN2O. The maximum absolute atomic E-state index is 5.73. The van der Waals surface area contributed by atoms with E-state index in [0.29, 0.717) is 5.89 Å². The van der Waals surface area contributed by atoms with Gasteiger partial charge in [0, 0.05) is 17.7 Å². The molecule has 4 heteroatoms. The maximum Gasteiger partial charge on any atom is 0.227 e. The summed E-state index contributed by atoms with van der Waals surface area (Å²) in [6.45, 7) is 2.05. The van der Waals surface area contributed by atoms with Crippen LogP contribution in [0.3, 0.4) is 0 Å². The van der Waals surface area contributed by atoms with E-state index in [1.54, 1.807) is 0 Å². The van der Waals surface area contributed by atoms with Crippen LogP contribution in [0, 0.1) is 6.92 Å². The lowest BCUT2D eigenvalue weighted by Gasteiger charge is -1.91. The molecule has 0 unspecified atom stereocenters. The first-order valence-electron chi connectivity index (χ1n) is 5.55. The molecule has 3 rings (SSSR count). The SMILES string of the molecule is Cc1ccc2oc(-c3cc[n+](C)cc3)nc2c1.[I-]. The van der Waals surface area contributed by atoms with Gasteiger partial charge in [-0.2, -0.15) is 0 Å². The Hall–Kier alpha value is -1.43. The van der Waals surface area contributed by atoms with E-state index in [0.717, 1.165) is 16.7 Å². The van der Waals surface area contributed by atoms with Gasteiger partial charge in [-0.15, -0.1) is 0 Å². The molecule has 3 nitrogen and oxygen atoms in total. The van der Waals surface area contributed by atoms with Crippen LogP contribution in [0.2, 0.25) is 0 Å². The third-order valence-corrected chi connectivity index (χ3v) is 2.77. The first-order chi connectivity index (χ1) is 8.22. The van der Waals surface area contributed by atoms with Crippen LogP contribution in [0.5, 0.6) is 0 Å². The number of oxazole rings is 1. The Bertz CT molecular complexity index is 674. The van der Waals surface area contributed by atoms with Gasteiger partial charge in [0.1, 0.15) is 12.6 Å². The van der Waals surface area contributed by atoms with Crippen LogP contribution >= 0.6 is 0 Å². The molecule has 1 aromatic carbocycles. The van der Waals surface area contributed by atoms with Crippen LogP contribution < -0.4 is 28.5 Å². The minimum atomic E-state index is 0. The van der Waals surface area contributed by atoms with Crippen molar-refractivity contribution >= 4 is 11.1 Å². The number of hydrogen-bond acceptors (Lipinski definition) is 2. The summed E-state index contributed by atoms with van der Waals surface area (Å²) in [5.74, 6) is 0.672. The van der Waals surface area contributed by atoms with Crippen molar-refractivity contribution in [3.8, 4) is 11.5 Å². The van der Waals surface area contributed by atoms with Gasteiger partial charge in [0.2, 0.25) is 5.89 Å². The summed E-state index contributed by atoms with van der Waals surface area (Å²) in [5.41, 5.74) is 3.93. The highest BCUT2D eigenvalue weighted by Crippen LogP contribution is 2.23. The van der Waals surface area contributed by atoms with Crippen molar-refractivity contribution in [2.24, 2.45) is 7.05 Å². The number of aryl methyl sites for hydroxylation is 2. The van der Waals surface area contributed by atoms with Gasteiger partial charge in [0.05, 0.1) is 0 Å². The molecule has 18 heavy (non-hydrogen) atoms. The van der Waals surface area contributed by atoms with Crippen molar-refractivity contribution in [2.45, 2.75) is 6.92 Å². The van der Waals surface area contributed by atoms with Crippen molar-refractivity contribution in [1.29, 1.82) is 0 Å². The Labute approximate surface area is 122 Å². The molecule has 0 N–H and O–H groups in total. The number of hydrogen-bond donors (Lipinski definition) is 0. The van der Waals surface area contributed by atoms with Crippen LogP contribution in [0.4, 0.5) is 0 Å². The molecule has 0 fully saturated rings. The van der Waals surface area contributed by atoms with E-state index < -0.39 is 0 Å². The zero-order chi connectivity index (χ0) is 11.8. The van der Waals surface area contributed by atoms with Crippen molar-refractivity contribution in [3.63, 3.8) is 0 Å². The van der Waals surface area contributed by atoms with E-state index in [1.165, 1.54) is 5.56 Å². The zero-order valence-corrected chi connectivity index (χ0v) is 12.4. The highest BCUT2D eigenvalue weighted by molar-refractivity contribution is 5.76. The van der Waals surface area contributed by atoms with E-state index in [4.69, 9.17) is 4.42 Å². The Balaban J connectivity index is 0.00000120. The predicted molar refractivity (Wildman–Crippen MR) is 65.4 cm³/mol. The predicted octanol–water partition coefficient (Wildman–Crippen LogP) is -0.368. The van der Waals surface area contributed by atoms with Crippen molar-refractivity contribution < 1.29 is 33.0 Å². The van der Waals surface area contributed by atoms with E-state index in [-0.39, 0.29) is 24.0 Å². The van der Waals surface area contributed by atoms with E-state index in [2.05, 4.69) is 11.9 Å². The fraction of sp³-hybridized carbons (Fsp3) is 0.143. The third kappa shape index (κ3) is 2.38. The Morgan fingerprint density at radius 1 is 1.11 bits per heavy atom. The van der Waals surface area contributed by atoms with Gasteiger partial charge < -0.3 is 28.4 Å². The smallest absolute Gasteiger partial charge is 0.227 e. The minimum Gasteiger partial charge on any atom is -1.00 e. The number of aromatic nitrogens is 2. The summed E-state index contributed by atoms with van der Waals surface area (Å²) in [6, 6.07) is 10.0. The normalized spacial score (nSPS) is 10.3. The maximum atomic E-state index is 5.73. The molecule has 0 aliphatic heterocycles. The lowest BCUT2D eigenvalue weighted by atomic mass is 10.2. The number of nitrogens with zero attached hydrogens (tertiary/aromatic N) is 2. The number of fused-ring (bicyclic) bond motifs is 1. The van der Waals surface area contributed by atoms with Crippen molar-refractivity contribution in [3.05, 3.63) is 48.3 Å². The average Bonchev–Trinajstić information content (AvgIpc) is 2.72. The number of pyridine rings is 1. The first kappa shape index (κ1) is 13.0.